The second-order valence-corrected chi connectivity index (χ2v) is 3.64. The number of carbonyl (C=O) groups is 1. The van der Waals surface area contributed by atoms with Crippen LogP contribution in [0.4, 0.5) is 5.69 Å². The Labute approximate surface area is 95.2 Å². The number of rotatable bonds is 3. The lowest BCUT2D eigenvalue weighted by atomic mass is 10.2. The lowest BCUT2D eigenvalue weighted by Crippen LogP contribution is -2.13. The van der Waals surface area contributed by atoms with Crippen molar-refractivity contribution in [3.8, 4) is 0 Å². The summed E-state index contributed by atoms with van der Waals surface area (Å²) in [4.78, 5) is 11.1. The third-order valence-corrected chi connectivity index (χ3v) is 2.38. The van der Waals surface area contributed by atoms with Gasteiger partial charge in [0.05, 0.1) is 11.9 Å². The molecule has 5 heteroatoms. The maximum atomic E-state index is 11.1. The van der Waals surface area contributed by atoms with Gasteiger partial charge in [-0.3, -0.25) is 4.79 Å². The van der Waals surface area contributed by atoms with E-state index in [0.29, 0.717) is 16.3 Å². The Kier molecular flexibility index (Phi) is 4.38. The van der Waals surface area contributed by atoms with Crippen LogP contribution in [-0.2, 0) is 11.4 Å². The summed E-state index contributed by atoms with van der Waals surface area (Å²) in [5.41, 5.74) is 1.19. The monoisotopic (exact) mass is 277 g/mol. The molecule has 0 spiro atoms. The smallest absolute Gasteiger partial charge is 0.235 e. The van der Waals surface area contributed by atoms with Crippen LogP contribution in [0.1, 0.15) is 5.56 Å². The van der Waals surface area contributed by atoms with Gasteiger partial charge in [-0.2, -0.15) is 0 Å². The molecule has 0 heterocycles. The van der Waals surface area contributed by atoms with Crippen molar-refractivity contribution >= 4 is 39.1 Å². The fourth-order valence-electron chi connectivity index (χ4n) is 0.999. The van der Waals surface area contributed by atoms with Crippen molar-refractivity contribution in [1.29, 1.82) is 0 Å². The molecule has 76 valence electrons. The number of hydrogen-bond acceptors (Lipinski definition) is 2. The summed E-state index contributed by atoms with van der Waals surface area (Å²) in [7, 11) is 0. The first-order valence-electron chi connectivity index (χ1n) is 3.92. The Bertz CT molecular complexity index is 344. The molecule has 2 N–H and O–H groups in total. The van der Waals surface area contributed by atoms with Crippen LogP contribution < -0.4 is 5.32 Å². The number of amides is 1. The zero-order chi connectivity index (χ0) is 10.6. The predicted molar refractivity (Wildman–Crippen MR) is 59.8 cm³/mol. The molecule has 0 aliphatic carbocycles. The van der Waals surface area contributed by atoms with E-state index < -0.39 is 0 Å². The van der Waals surface area contributed by atoms with Crippen LogP contribution in [0.2, 0.25) is 5.02 Å². The number of carbonyl (C=O) groups excluding carboxylic acids is 1. The minimum Gasteiger partial charge on any atom is -0.392 e. The molecule has 1 rings (SSSR count). The Morgan fingerprint density at radius 2 is 2.29 bits per heavy atom. The third kappa shape index (κ3) is 2.97. The first-order valence-corrected chi connectivity index (χ1v) is 5.42. The Hall–Kier alpha value is -0.580. The number of anilines is 1. The first kappa shape index (κ1) is 11.5. The van der Waals surface area contributed by atoms with Gasteiger partial charge in [-0.05, 0) is 18.2 Å². The molecule has 0 saturated heterocycles. The largest absolute Gasteiger partial charge is 0.392 e. The molecule has 1 aromatic carbocycles. The van der Waals surface area contributed by atoms with Crippen molar-refractivity contribution in [3.05, 3.63) is 28.8 Å². The quantitative estimate of drug-likeness (QED) is 0.833. The molecule has 0 saturated carbocycles. The highest BCUT2D eigenvalue weighted by Gasteiger charge is 2.05. The number of aliphatic hydroxyl groups excluding tert-OH is 1. The standard InChI is InChI=1S/C9H9BrClNO2/c10-4-9(14)12-8-2-1-7(11)3-6(8)5-13/h1-3,13H,4-5H2,(H,12,14). The summed E-state index contributed by atoms with van der Waals surface area (Å²) in [5, 5.41) is 12.4. The lowest BCUT2D eigenvalue weighted by molar-refractivity contribution is -0.113. The van der Waals surface area contributed by atoms with Crippen LogP contribution in [0, 0.1) is 0 Å². The molecule has 0 aliphatic rings. The van der Waals surface area contributed by atoms with E-state index in [0.717, 1.165) is 0 Å². The van der Waals surface area contributed by atoms with Crippen molar-refractivity contribution < 1.29 is 9.90 Å². The van der Waals surface area contributed by atoms with Gasteiger partial charge in [0.2, 0.25) is 5.91 Å². The van der Waals surface area contributed by atoms with Crippen LogP contribution >= 0.6 is 27.5 Å². The summed E-state index contributed by atoms with van der Waals surface area (Å²) < 4.78 is 0. The SMILES string of the molecule is O=C(CBr)Nc1ccc(Cl)cc1CO. The number of halogens is 2. The molecule has 1 amide bonds. The molecular formula is C9H9BrClNO2. The second kappa shape index (κ2) is 5.34. The zero-order valence-electron chi connectivity index (χ0n) is 7.26. The number of aliphatic hydroxyl groups is 1. The fourth-order valence-corrected chi connectivity index (χ4v) is 1.33. The van der Waals surface area contributed by atoms with Crippen LogP contribution in [0.5, 0.6) is 0 Å². The van der Waals surface area contributed by atoms with E-state index in [1.165, 1.54) is 0 Å². The highest BCUT2D eigenvalue weighted by molar-refractivity contribution is 9.09. The summed E-state index contributed by atoms with van der Waals surface area (Å²) in [5.74, 6) is -0.165. The fraction of sp³-hybridized carbons (Fsp3) is 0.222. The number of benzene rings is 1. The highest BCUT2D eigenvalue weighted by atomic mass is 79.9. The van der Waals surface area contributed by atoms with Gasteiger partial charge < -0.3 is 10.4 Å². The van der Waals surface area contributed by atoms with E-state index in [1.54, 1.807) is 18.2 Å². The summed E-state index contributed by atoms with van der Waals surface area (Å²) in [6, 6.07) is 4.93. The van der Waals surface area contributed by atoms with E-state index in [-0.39, 0.29) is 17.8 Å². The molecule has 0 radical (unpaired) electrons. The van der Waals surface area contributed by atoms with Crippen LogP contribution in [0.3, 0.4) is 0 Å². The van der Waals surface area contributed by atoms with Gasteiger partial charge >= 0.3 is 0 Å². The van der Waals surface area contributed by atoms with Crippen molar-refractivity contribution in [2.45, 2.75) is 6.61 Å². The summed E-state index contributed by atoms with van der Waals surface area (Å²) in [6.45, 7) is -0.154. The minimum absolute atomic E-state index is 0.154. The molecule has 14 heavy (non-hydrogen) atoms. The molecule has 0 bridgehead atoms. The van der Waals surface area contributed by atoms with E-state index in [4.69, 9.17) is 16.7 Å². The second-order valence-electron chi connectivity index (χ2n) is 2.64. The molecule has 0 aliphatic heterocycles. The van der Waals surface area contributed by atoms with Crippen LogP contribution in [0.15, 0.2) is 18.2 Å². The van der Waals surface area contributed by atoms with Crippen molar-refractivity contribution in [2.24, 2.45) is 0 Å². The topological polar surface area (TPSA) is 49.3 Å². The molecule has 3 nitrogen and oxygen atoms in total. The van der Waals surface area contributed by atoms with Crippen LogP contribution in [0.25, 0.3) is 0 Å². The minimum atomic E-state index is -0.165. The van der Waals surface area contributed by atoms with Gasteiger partial charge in [-0.15, -0.1) is 0 Å². The van der Waals surface area contributed by atoms with Gasteiger partial charge in [0.25, 0.3) is 0 Å². The van der Waals surface area contributed by atoms with Gasteiger partial charge in [-0.25, -0.2) is 0 Å². The van der Waals surface area contributed by atoms with Crippen molar-refractivity contribution in [2.75, 3.05) is 10.6 Å². The molecule has 0 atom stereocenters. The lowest BCUT2D eigenvalue weighted by Gasteiger charge is -2.08. The van der Waals surface area contributed by atoms with E-state index >= 15 is 0 Å². The van der Waals surface area contributed by atoms with E-state index in [9.17, 15) is 4.79 Å². The van der Waals surface area contributed by atoms with Gasteiger partial charge in [-0.1, -0.05) is 27.5 Å². The van der Waals surface area contributed by atoms with Crippen molar-refractivity contribution in [1.82, 2.24) is 0 Å². The highest BCUT2D eigenvalue weighted by Crippen LogP contribution is 2.20. The maximum absolute atomic E-state index is 11.1. The van der Waals surface area contributed by atoms with E-state index in [2.05, 4.69) is 21.2 Å². The summed E-state index contributed by atoms with van der Waals surface area (Å²) in [6.07, 6.45) is 0. The maximum Gasteiger partial charge on any atom is 0.235 e. The Balaban J connectivity index is 2.90. The van der Waals surface area contributed by atoms with Gasteiger partial charge in [0, 0.05) is 16.3 Å². The zero-order valence-corrected chi connectivity index (χ0v) is 9.60. The third-order valence-electron chi connectivity index (χ3n) is 1.63. The van der Waals surface area contributed by atoms with Gasteiger partial charge in [0.1, 0.15) is 0 Å². The van der Waals surface area contributed by atoms with Crippen LogP contribution in [-0.4, -0.2) is 16.3 Å². The number of alkyl halides is 1. The molecule has 0 fully saturated rings. The Morgan fingerprint density at radius 1 is 1.57 bits per heavy atom. The predicted octanol–water partition coefficient (Wildman–Crippen LogP) is 2.17. The van der Waals surface area contributed by atoms with Crippen molar-refractivity contribution in [3.63, 3.8) is 0 Å². The summed E-state index contributed by atoms with van der Waals surface area (Å²) >= 11 is 8.77. The molecular weight excluding hydrogens is 269 g/mol. The Morgan fingerprint density at radius 3 is 2.86 bits per heavy atom. The number of hydrogen-bond donors (Lipinski definition) is 2. The molecule has 0 unspecified atom stereocenters. The molecule has 1 aromatic rings. The molecule has 0 aromatic heterocycles. The average molecular weight is 279 g/mol. The average Bonchev–Trinajstić information content (AvgIpc) is 2.20. The number of nitrogens with one attached hydrogen (secondary N) is 1. The normalized spacial score (nSPS) is 9.93. The first-order chi connectivity index (χ1) is 6.67. The van der Waals surface area contributed by atoms with Gasteiger partial charge in [0.15, 0.2) is 0 Å². The van der Waals surface area contributed by atoms with E-state index in [1.807, 2.05) is 0 Å².